The molecule has 2 N–H and O–H groups in total. The molecule has 1 amide bonds. The van der Waals surface area contributed by atoms with Gasteiger partial charge >= 0.3 is 0 Å². The number of amides is 1. The molecule has 0 aliphatic heterocycles. The Kier molecular flexibility index (Phi) is 9.59. The van der Waals surface area contributed by atoms with Crippen molar-refractivity contribution in [3.05, 3.63) is 0 Å². The molecule has 1 saturated carbocycles. The molecule has 0 aromatic rings. The fourth-order valence-corrected chi connectivity index (χ4v) is 1.72. The van der Waals surface area contributed by atoms with E-state index in [-0.39, 0.29) is 36.4 Å². The van der Waals surface area contributed by atoms with Gasteiger partial charge in [0.05, 0.1) is 0 Å². The number of aliphatic imine (C=N–C) groups is 1. The summed E-state index contributed by atoms with van der Waals surface area (Å²) in [4.78, 5) is 17.4. The first-order valence-electron chi connectivity index (χ1n) is 6.28. The molecule has 19 heavy (non-hydrogen) atoms. The molecule has 0 heterocycles. The van der Waals surface area contributed by atoms with E-state index in [1.807, 2.05) is 0 Å². The van der Waals surface area contributed by atoms with Gasteiger partial charge in [0, 0.05) is 32.4 Å². The Labute approximate surface area is 137 Å². The molecule has 0 bridgehead atoms. The van der Waals surface area contributed by atoms with Gasteiger partial charge in [0.2, 0.25) is 5.91 Å². The van der Waals surface area contributed by atoms with Crippen molar-refractivity contribution in [2.75, 3.05) is 39.2 Å². The number of hydrogen-bond donors (Lipinski definition) is 2. The average molecular weight is 400 g/mol. The lowest BCUT2D eigenvalue weighted by Gasteiger charge is -2.13. The Morgan fingerprint density at radius 3 is 2.58 bits per heavy atom. The number of thioether (sulfide) groups is 1. The summed E-state index contributed by atoms with van der Waals surface area (Å²) in [5, 5.41) is 6.61. The first-order chi connectivity index (χ1) is 8.54. The second kappa shape index (κ2) is 9.68. The highest BCUT2D eigenvalue weighted by molar-refractivity contribution is 14.0. The number of halogens is 1. The summed E-state index contributed by atoms with van der Waals surface area (Å²) in [7, 11) is 3.49. The third-order valence-electron chi connectivity index (χ3n) is 2.90. The maximum absolute atomic E-state index is 11.5. The minimum Gasteiger partial charge on any atom is -0.356 e. The van der Waals surface area contributed by atoms with Gasteiger partial charge < -0.3 is 15.5 Å². The molecule has 1 rings (SSSR count). The third-order valence-corrected chi connectivity index (χ3v) is 3.51. The van der Waals surface area contributed by atoms with Crippen LogP contribution in [0.2, 0.25) is 0 Å². The van der Waals surface area contributed by atoms with E-state index in [1.54, 1.807) is 30.8 Å². The number of carbonyl (C=O) groups excluding carboxylic acids is 1. The van der Waals surface area contributed by atoms with Crippen molar-refractivity contribution >= 4 is 47.6 Å². The molecular weight excluding hydrogens is 375 g/mol. The van der Waals surface area contributed by atoms with Gasteiger partial charge in [0.15, 0.2) is 5.96 Å². The fourth-order valence-electron chi connectivity index (χ4n) is 1.41. The number of nitrogens with one attached hydrogen (secondary N) is 2. The molecule has 0 saturated heterocycles. The van der Waals surface area contributed by atoms with Gasteiger partial charge in [0.1, 0.15) is 6.54 Å². The van der Waals surface area contributed by atoms with E-state index in [1.165, 1.54) is 6.42 Å². The summed E-state index contributed by atoms with van der Waals surface area (Å²) >= 11 is 1.79. The van der Waals surface area contributed by atoms with Crippen LogP contribution in [-0.4, -0.2) is 62.0 Å². The van der Waals surface area contributed by atoms with Crippen LogP contribution in [0, 0.1) is 5.92 Å². The van der Waals surface area contributed by atoms with E-state index in [9.17, 15) is 4.79 Å². The third kappa shape index (κ3) is 7.86. The van der Waals surface area contributed by atoms with Gasteiger partial charge in [-0.1, -0.05) is 6.92 Å². The zero-order valence-corrected chi connectivity index (χ0v) is 15.2. The summed E-state index contributed by atoms with van der Waals surface area (Å²) in [6.45, 7) is 3.27. The lowest BCUT2D eigenvalue weighted by atomic mass is 10.5. The standard InChI is InChI=1S/C12H24N4OS.HI/c1-9-7-10(9)15-12(13-5-6-18-4)14-8-11(17)16(2)3;/h9-10H,5-8H2,1-4H3,(H2,13,14,15);1H. The maximum atomic E-state index is 11.5. The number of likely N-dealkylation sites (N-methyl/N-ethyl adjacent to an activating group) is 1. The molecule has 5 nitrogen and oxygen atoms in total. The number of hydrogen-bond acceptors (Lipinski definition) is 3. The summed E-state index contributed by atoms with van der Waals surface area (Å²) in [6, 6.07) is 0.514. The number of guanidine groups is 1. The molecule has 1 aliphatic carbocycles. The Morgan fingerprint density at radius 1 is 1.47 bits per heavy atom. The molecule has 1 aliphatic rings. The van der Waals surface area contributed by atoms with E-state index in [4.69, 9.17) is 0 Å². The first-order valence-corrected chi connectivity index (χ1v) is 7.68. The molecule has 0 aromatic heterocycles. The highest BCUT2D eigenvalue weighted by atomic mass is 127. The Balaban J connectivity index is 0.00000324. The van der Waals surface area contributed by atoms with Crippen molar-refractivity contribution in [2.24, 2.45) is 10.9 Å². The van der Waals surface area contributed by atoms with Crippen LogP contribution in [0.3, 0.4) is 0 Å². The lowest BCUT2D eigenvalue weighted by molar-refractivity contribution is -0.127. The molecule has 2 unspecified atom stereocenters. The summed E-state index contributed by atoms with van der Waals surface area (Å²) < 4.78 is 0. The molecule has 0 aromatic carbocycles. The summed E-state index contributed by atoms with van der Waals surface area (Å²) in [6.07, 6.45) is 3.26. The van der Waals surface area contributed by atoms with Crippen LogP contribution in [0.1, 0.15) is 13.3 Å². The van der Waals surface area contributed by atoms with Gasteiger partial charge in [-0.05, 0) is 18.6 Å². The van der Waals surface area contributed by atoms with Crippen molar-refractivity contribution in [1.29, 1.82) is 0 Å². The number of nitrogens with zero attached hydrogens (tertiary/aromatic N) is 2. The first kappa shape index (κ1) is 18.8. The van der Waals surface area contributed by atoms with Crippen LogP contribution in [0.4, 0.5) is 0 Å². The van der Waals surface area contributed by atoms with Gasteiger partial charge in [-0.25, -0.2) is 4.99 Å². The number of carbonyl (C=O) groups is 1. The predicted molar refractivity (Wildman–Crippen MR) is 93.5 cm³/mol. The molecule has 2 atom stereocenters. The van der Waals surface area contributed by atoms with E-state index in [0.717, 1.165) is 18.3 Å². The molecule has 112 valence electrons. The Morgan fingerprint density at radius 2 is 2.11 bits per heavy atom. The van der Waals surface area contributed by atoms with Crippen molar-refractivity contribution < 1.29 is 4.79 Å². The van der Waals surface area contributed by atoms with Crippen LogP contribution < -0.4 is 10.6 Å². The predicted octanol–water partition coefficient (Wildman–Crippen LogP) is 0.999. The summed E-state index contributed by atoms with van der Waals surface area (Å²) in [5.41, 5.74) is 0. The zero-order chi connectivity index (χ0) is 13.5. The highest BCUT2D eigenvalue weighted by Gasteiger charge is 2.33. The van der Waals surface area contributed by atoms with E-state index >= 15 is 0 Å². The van der Waals surface area contributed by atoms with Crippen LogP contribution in [0.25, 0.3) is 0 Å². The monoisotopic (exact) mass is 400 g/mol. The topological polar surface area (TPSA) is 56.7 Å². The van der Waals surface area contributed by atoms with Crippen LogP contribution in [0.5, 0.6) is 0 Å². The van der Waals surface area contributed by atoms with Gasteiger partial charge in [-0.15, -0.1) is 24.0 Å². The van der Waals surface area contributed by atoms with Crippen molar-refractivity contribution in [3.63, 3.8) is 0 Å². The smallest absolute Gasteiger partial charge is 0.243 e. The van der Waals surface area contributed by atoms with E-state index < -0.39 is 0 Å². The summed E-state index contributed by atoms with van der Waals surface area (Å²) in [5.74, 6) is 2.52. The Bertz CT molecular complexity index is 312. The minimum absolute atomic E-state index is 0. The van der Waals surface area contributed by atoms with Crippen molar-refractivity contribution in [2.45, 2.75) is 19.4 Å². The zero-order valence-electron chi connectivity index (χ0n) is 12.1. The lowest BCUT2D eigenvalue weighted by Crippen LogP contribution is -2.41. The maximum Gasteiger partial charge on any atom is 0.243 e. The van der Waals surface area contributed by atoms with Crippen molar-refractivity contribution in [3.8, 4) is 0 Å². The quantitative estimate of drug-likeness (QED) is 0.302. The molecular formula is C12H25IN4OS. The normalized spacial score (nSPS) is 21.4. The molecule has 1 fully saturated rings. The van der Waals surface area contributed by atoms with Gasteiger partial charge in [0.25, 0.3) is 0 Å². The van der Waals surface area contributed by atoms with Crippen LogP contribution >= 0.6 is 35.7 Å². The average Bonchev–Trinajstić information content (AvgIpc) is 3.01. The molecule has 7 heteroatoms. The second-order valence-electron chi connectivity index (χ2n) is 4.84. The SMILES string of the molecule is CSCCNC(=NCC(=O)N(C)C)NC1CC1C.I. The second-order valence-corrected chi connectivity index (χ2v) is 5.82. The minimum atomic E-state index is 0. The van der Waals surface area contributed by atoms with Crippen LogP contribution in [0.15, 0.2) is 4.99 Å². The van der Waals surface area contributed by atoms with Crippen LogP contribution in [-0.2, 0) is 4.79 Å². The van der Waals surface area contributed by atoms with Crippen molar-refractivity contribution in [1.82, 2.24) is 15.5 Å². The molecule has 0 spiro atoms. The van der Waals surface area contributed by atoms with E-state index in [2.05, 4.69) is 28.8 Å². The number of rotatable bonds is 6. The van der Waals surface area contributed by atoms with Gasteiger partial charge in [-0.3, -0.25) is 4.79 Å². The highest BCUT2D eigenvalue weighted by Crippen LogP contribution is 2.28. The Hall–Kier alpha value is -0.180. The largest absolute Gasteiger partial charge is 0.356 e. The van der Waals surface area contributed by atoms with Gasteiger partial charge in [-0.2, -0.15) is 11.8 Å². The molecule has 0 radical (unpaired) electrons. The fraction of sp³-hybridized carbons (Fsp3) is 0.833. The van der Waals surface area contributed by atoms with E-state index in [0.29, 0.717) is 12.0 Å².